The van der Waals surface area contributed by atoms with Crippen molar-refractivity contribution in [3.63, 3.8) is 0 Å². The van der Waals surface area contributed by atoms with Crippen molar-refractivity contribution in [2.75, 3.05) is 26.2 Å². The number of likely N-dealkylation sites (tertiary alicyclic amines) is 1. The third-order valence-electron chi connectivity index (χ3n) is 3.50. The Morgan fingerprint density at radius 2 is 2.30 bits per heavy atom. The van der Waals surface area contributed by atoms with Gasteiger partial charge in [-0.1, -0.05) is 11.8 Å². The maximum Gasteiger partial charge on any atom is 0.262 e. The molecule has 2 N–H and O–H groups in total. The summed E-state index contributed by atoms with van der Waals surface area (Å²) in [5.41, 5.74) is 0.690. The molecule has 2 heterocycles. The lowest BCUT2D eigenvalue weighted by Crippen LogP contribution is -2.40. The van der Waals surface area contributed by atoms with E-state index in [1.165, 1.54) is 24.2 Å². The molecule has 20 heavy (non-hydrogen) atoms. The molecule has 1 aliphatic rings. The molecule has 1 saturated heterocycles. The predicted octanol–water partition coefficient (Wildman–Crippen LogP) is 1.31. The Labute approximate surface area is 123 Å². The van der Waals surface area contributed by atoms with Crippen molar-refractivity contribution in [3.05, 3.63) is 21.9 Å². The molecular weight excluding hydrogens is 272 g/mol. The van der Waals surface area contributed by atoms with Gasteiger partial charge in [0, 0.05) is 18.2 Å². The molecular formula is C15H20N2O2S. The Morgan fingerprint density at radius 1 is 1.55 bits per heavy atom. The van der Waals surface area contributed by atoms with Crippen LogP contribution in [0.1, 0.15) is 35.0 Å². The summed E-state index contributed by atoms with van der Waals surface area (Å²) in [5.74, 6) is 5.31. The average Bonchev–Trinajstić information content (AvgIpc) is 3.12. The second-order valence-corrected chi connectivity index (χ2v) is 5.84. The molecule has 0 bridgehead atoms. The van der Waals surface area contributed by atoms with E-state index in [2.05, 4.69) is 29.0 Å². The lowest BCUT2D eigenvalue weighted by molar-refractivity contribution is 0.0944. The molecule has 0 radical (unpaired) electrons. The summed E-state index contributed by atoms with van der Waals surface area (Å²) in [6.07, 6.45) is 2.51. The van der Waals surface area contributed by atoms with Crippen molar-refractivity contribution in [3.8, 4) is 11.8 Å². The van der Waals surface area contributed by atoms with Crippen LogP contribution in [0.15, 0.2) is 11.4 Å². The lowest BCUT2D eigenvalue weighted by Gasteiger charge is -2.23. The van der Waals surface area contributed by atoms with Crippen molar-refractivity contribution in [1.29, 1.82) is 0 Å². The van der Waals surface area contributed by atoms with E-state index in [1.54, 1.807) is 0 Å². The number of hydrogen-bond acceptors (Lipinski definition) is 4. The van der Waals surface area contributed by atoms with Gasteiger partial charge in [-0.2, -0.15) is 0 Å². The van der Waals surface area contributed by atoms with E-state index in [-0.39, 0.29) is 12.5 Å². The van der Waals surface area contributed by atoms with E-state index in [0.29, 0.717) is 23.0 Å². The molecule has 0 spiro atoms. The van der Waals surface area contributed by atoms with E-state index >= 15 is 0 Å². The predicted molar refractivity (Wildman–Crippen MR) is 80.9 cm³/mol. The Morgan fingerprint density at radius 3 is 3.00 bits per heavy atom. The number of aliphatic hydroxyl groups is 1. The van der Waals surface area contributed by atoms with Crippen LogP contribution in [0.5, 0.6) is 0 Å². The van der Waals surface area contributed by atoms with Gasteiger partial charge in [0.2, 0.25) is 0 Å². The number of amides is 1. The Balaban J connectivity index is 1.90. The first-order chi connectivity index (χ1) is 9.72. The SMILES string of the molecule is CC(CNC(=O)c1sccc1C#CCO)N1CCCC1. The second-order valence-electron chi connectivity index (χ2n) is 4.93. The standard InChI is InChI=1S/C15H20N2O2S/c1-12(17-7-2-3-8-17)11-16-15(19)14-13(5-4-9-18)6-10-20-14/h6,10,12,18H,2-3,7-9,11H2,1H3,(H,16,19). The number of thiophene rings is 1. The van der Waals surface area contributed by atoms with Crippen LogP contribution in [0.4, 0.5) is 0 Å². The van der Waals surface area contributed by atoms with Gasteiger partial charge in [-0.25, -0.2) is 0 Å². The molecule has 1 aliphatic heterocycles. The lowest BCUT2D eigenvalue weighted by atomic mass is 10.2. The summed E-state index contributed by atoms with van der Waals surface area (Å²) in [5, 5.41) is 13.5. The fourth-order valence-corrected chi connectivity index (χ4v) is 3.12. The van der Waals surface area contributed by atoms with E-state index < -0.39 is 0 Å². The number of aliphatic hydroxyl groups excluding tert-OH is 1. The summed E-state index contributed by atoms with van der Waals surface area (Å²) in [4.78, 5) is 15.2. The van der Waals surface area contributed by atoms with Crippen molar-refractivity contribution in [2.24, 2.45) is 0 Å². The van der Waals surface area contributed by atoms with Gasteiger partial charge in [0.05, 0.1) is 0 Å². The number of carbonyl (C=O) groups is 1. The molecule has 0 saturated carbocycles. The zero-order valence-corrected chi connectivity index (χ0v) is 12.5. The van der Waals surface area contributed by atoms with Crippen LogP contribution in [0.25, 0.3) is 0 Å². The monoisotopic (exact) mass is 292 g/mol. The molecule has 2 rings (SSSR count). The third-order valence-corrected chi connectivity index (χ3v) is 4.41. The quantitative estimate of drug-likeness (QED) is 0.823. The highest BCUT2D eigenvalue weighted by atomic mass is 32.1. The molecule has 1 aromatic rings. The van der Waals surface area contributed by atoms with E-state index in [9.17, 15) is 4.79 Å². The molecule has 1 amide bonds. The van der Waals surface area contributed by atoms with E-state index in [4.69, 9.17) is 5.11 Å². The minimum atomic E-state index is -0.192. The minimum Gasteiger partial charge on any atom is -0.384 e. The number of nitrogens with zero attached hydrogens (tertiary/aromatic N) is 1. The summed E-state index contributed by atoms with van der Waals surface area (Å²) >= 11 is 1.38. The fourth-order valence-electron chi connectivity index (χ4n) is 2.35. The Bertz CT molecular complexity index is 509. The van der Waals surface area contributed by atoms with Gasteiger partial charge in [0.25, 0.3) is 5.91 Å². The number of nitrogens with one attached hydrogen (secondary N) is 1. The average molecular weight is 292 g/mol. The highest BCUT2D eigenvalue weighted by molar-refractivity contribution is 7.12. The Kier molecular flexibility index (Phi) is 5.60. The molecule has 0 aromatic carbocycles. The van der Waals surface area contributed by atoms with Gasteiger partial charge in [0.15, 0.2) is 0 Å². The van der Waals surface area contributed by atoms with Crippen LogP contribution in [0.3, 0.4) is 0 Å². The molecule has 0 aliphatic carbocycles. The summed E-state index contributed by atoms with van der Waals surface area (Å²) in [7, 11) is 0. The van der Waals surface area contributed by atoms with Gasteiger partial charge in [0.1, 0.15) is 11.5 Å². The first-order valence-electron chi connectivity index (χ1n) is 6.92. The Hall–Kier alpha value is -1.35. The molecule has 5 heteroatoms. The van der Waals surface area contributed by atoms with Gasteiger partial charge >= 0.3 is 0 Å². The van der Waals surface area contributed by atoms with Gasteiger partial charge < -0.3 is 10.4 Å². The van der Waals surface area contributed by atoms with Gasteiger partial charge in [-0.3, -0.25) is 9.69 Å². The van der Waals surface area contributed by atoms with Crippen molar-refractivity contribution >= 4 is 17.2 Å². The maximum atomic E-state index is 12.2. The van der Waals surface area contributed by atoms with Crippen LogP contribution in [-0.4, -0.2) is 48.2 Å². The number of rotatable bonds is 4. The van der Waals surface area contributed by atoms with Crippen LogP contribution >= 0.6 is 11.3 Å². The van der Waals surface area contributed by atoms with Crippen molar-refractivity contribution < 1.29 is 9.90 Å². The molecule has 1 atom stereocenters. The van der Waals surface area contributed by atoms with Crippen LogP contribution in [0.2, 0.25) is 0 Å². The topological polar surface area (TPSA) is 52.6 Å². The van der Waals surface area contributed by atoms with Crippen LogP contribution in [0, 0.1) is 11.8 Å². The first-order valence-corrected chi connectivity index (χ1v) is 7.80. The van der Waals surface area contributed by atoms with Gasteiger partial charge in [-0.05, 0) is 44.3 Å². The third kappa shape index (κ3) is 3.83. The number of carbonyl (C=O) groups excluding carboxylic acids is 1. The van der Waals surface area contributed by atoms with E-state index in [1.807, 2.05) is 11.4 Å². The molecule has 108 valence electrons. The first kappa shape index (κ1) is 15.0. The molecule has 1 unspecified atom stereocenters. The maximum absolute atomic E-state index is 12.2. The number of hydrogen-bond donors (Lipinski definition) is 2. The zero-order valence-electron chi connectivity index (χ0n) is 11.7. The molecule has 4 nitrogen and oxygen atoms in total. The summed E-state index contributed by atoms with van der Waals surface area (Å²) in [6, 6.07) is 2.18. The largest absolute Gasteiger partial charge is 0.384 e. The summed E-state index contributed by atoms with van der Waals surface area (Å²) < 4.78 is 0. The van der Waals surface area contributed by atoms with Crippen molar-refractivity contribution in [1.82, 2.24) is 10.2 Å². The highest BCUT2D eigenvalue weighted by Crippen LogP contribution is 2.16. The van der Waals surface area contributed by atoms with Gasteiger partial charge in [-0.15, -0.1) is 11.3 Å². The van der Waals surface area contributed by atoms with Crippen LogP contribution in [-0.2, 0) is 0 Å². The van der Waals surface area contributed by atoms with E-state index in [0.717, 1.165) is 13.1 Å². The minimum absolute atomic E-state index is 0.0757. The molecule has 1 aromatic heterocycles. The second kappa shape index (κ2) is 7.44. The van der Waals surface area contributed by atoms with Crippen molar-refractivity contribution in [2.45, 2.75) is 25.8 Å². The normalized spacial score (nSPS) is 16.5. The highest BCUT2D eigenvalue weighted by Gasteiger charge is 2.19. The fraction of sp³-hybridized carbons (Fsp3) is 0.533. The zero-order chi connectivity index (χ0) is 14.4. The summed E-state index contributed by atoms with van der Waals surface area (Å²) in [6.45, 7) is 4.87. The molecule has 1 fully saturated rings. The smallest absolute Gasteiger partial charge is 0.262 e. The van der Waals surface area contributed by atoms with Crippen LogP contribution < -0.4 is 5.32 Å².